The molecule has 1 rings (SSSR count). The molecule has 7 nitrogen and oxygen atoms in total. The lowest BCUT2D eigenvalue weighted by molar-refractivity contribution is -0.123. The molecule has 1 atom stereocenters. The number of hydrogen-bond donors (Lipinski definition) is 3. The number of carbonyl (C=O) groups is 1. The van der Waals surface area contributed by atoms with Crippen molar-refractivity contribution in [2.45, 2.75) is 33.8 Å². The molecule has 0 saturated heterocycles. The van der Waals surface area contributed by atoms with Gasteiger partial charge < -0.3 is 25.4 Å². The van der Waals surface area contributed by atoms with Crippen LogP contribution >= 0.6 is 24.0 Å². The van der Waals surface area contributed by atoms with E-state index < -0.39 is 0 Å². The van der Waals surface area contributed by atoms with Gasteiger partial charge in [0.25, 0.3) is 0 Å². The summed E-state index contributed by atoms with van der Waals surface area (Å²) in [6, 6.07) is 7.55. The quantitative estimate of drug-likeness (QED) is 0.202. The highest BCUT2D eigenvalue weighted by Crippen LogP contribution is 2.26. The van der Waals surface area contributed by atoms with Crippen LogP contribution in [0.25, 0.3) is 0 Å². The molecule has 0 aromatic heterocycles. The standard InChI is InChI=1S/C19H32N4O3.HI/c1-6-20-19(22-12-11-21-18(24)14(2)3)23-13-15(4)26-17-10-8-7-9-16(17)25-5;/h7-10,14-15H,6,11-13H2,1-5H3,(H,21,24)(H2,20,22,23);1H. The smallest absolute Gasteiger partial charge is 0.222 e. The normalized spacial score (nSPS) is 12.0. The van der Waals surface area contributed by atoms with Crippen LogP contribution in [0, 0.1) is 5.92 Å². The first-order valence-electron chi connectivity index (χ1n) is 9.07. The lowest BCUT2D eigenvalue weighted by Crippen LogP contribution is -2.42. The fourth-order valence-electron chi connectivity index (χ4n) is 2.10. The van der Waals surface area contributed by atoms with Crippen LogP contribution in [0.15, 0.2) is 29.3 Å². The van der Waals surface area contributed by atoms with E-state index in [-0.39, 0.29) is 41.9 Å². The predicted octanol–water partition coefficient (Wildman–Crippen LogP) is 2.41. The van der Waals surface area contributed by atoms with Crippen LogP contribution in [-0.4, -0.2) is 51.3 Å². The molecule has 1 aromatic carbocycles. The van der Waals surface area contributed by atoms with Crippen molar-refractivity contribution in [3.05, 3.63) is 24.3 Å². The van der Waals surface area contributed by atoms with Crippen LogP contribution < -0.4 is 25.4 Å². The number of methoxy groups -OCH3 is 1. The summed E-state index contributed by atoms with van der Waals surface area (Å²) in [5, 5.41) is 9.25. The van der Waals surface area contributed by atoms with Gasteiger partial charge in [-0.25, -0.2) is 4.99 Å². The Morgan fingerprint density at radius 1 is 1.07 bits per heavy atom. The van der Waals surface area contributed by atoms with E-state index in [9.17, 15) is 4.79 Å². The van der Waals surface area contributed by atoms with Crippen molar-refractivity contribution in [2.75, 3.05) is 33.3 Å². The topological polar surface area (TPSA) is 84.0 Å². The van der Waals surface area contributed by atoms with Gasteiger partial charge in [0.1, 0.15) is 6.10 Å². The molecule has 0 spiro atoms. The number of guanidine groups is 1. The van der Waals surface area contributed by atoms with Gasteiger partial charge in [-0.2, -0.15) is 0 Å². The Hall–Kier alpha value is -1.71. The van der Waals surface area contributed by atoms with Gasteiger partial charge in [0, 0.05) is 25.6 Å². The molecule has 0 fully saturated rings. The zero-order valence-electron chi connectivity index (χ0n) is 16.9. The maximum atomic E-state index is 11.5. The molecular weight excluding hydrogens is 459 g/mol. The Kier molecular flexibility index (Phi) is 13.5. The van der Waals surface area contributed by atoms with Crippen LogP contribution in [0.5, 0.6) is 11.5 Å². The third-order valence-electron chi connectivity index (χ3n) is 3.49. The van der Waals surface area contributed by atoms with Gasteiger partial charge in [-0.05, 0) is 26.0 Å². The number of carbonyl (C=O) groups excluding carboxylic acids is 1. The van der Waals surface area contributed by atoms with E-state index in [0.717, 1.165) is 6.54 Å². The van der Waals surface area contributed by atoms with Gasteiger partial charge in [0.15, 0.2) is 17.5 Å². The van der Waals surface area contributed by atoms with Gasteiger partial charge in [-0.15, -0.1) is 24.0 Å². The third kappa shape index (κ3) is 10.3. The summed E-state index contributed by atoms with van der Waals surface area (Å²) in [6.07, 6.45) is -0.109. The van der Waals surface area contributed by atoms with Gasteiger partial charge in [0.2, 0.25) is 5.91 Å². The Morgan fingerprint density at radius 2 is 1.70 bits per heavy atom. The largest absolute Gasteiger partial charge is 0.493 e. The molecule has 3 N–H and O–H groups in total. The Morgan fingerprint density at radius 3 is 2.30 bits per heavy atom. The van der Waals surface area contributed by atoms with Crippen LogP contribution in [0.3, 0.4) is 0 Å². The van der Waals surface area contributed by atoms with Gasteiger partial charge in [-0.1, -0.05) is 26.0 Å². The first kappa shape index (κ1) is 25.3. The van der Waals surface area contributed by atoms with Gasteiger partial charge in [0.05, 0.1) is 13.7 Å². The number of halogens is 1. The second kappa shape index (κ2) is 14.4. The van der Waals surface area contributed by atoms with Crippen molar-refractivity contribution in [2.24, 2.45) is 10.9 Å². The average Bonchev–Trinajstić information content (AvgIpc) is 2.63. The molecule has 0 bridgehead atoms. The third-order valence-corrected chi connectivity index (χ3v) is 3.49. The molecular formula is C19H33IN4O3. The minimum absolute atomic E-state index is 0. The molecule has 8 heteroatoms. The number of nitrogens with zero attached hydrogens (tertiary/aromatic N) is 1. The molecule has 1 amide bonds. The van der Waals surface area contributed by atoms with Crippen molar-refractivity contribution in [3.63, 3.8) is 0 Å². The molecule has 154 valence electrons. The van der Waals surface area contributed by atoms with Crippen LogP contribution in [-0.2, 0) is 4.79 Å². The number of amides is 1. The van der Waals surface area contributed by atoms with Crippen molar-refractivity contribution >= 4 is 35.8 Å². The number of aliphatic imine (C=N–C) groups is 1. The maximum Gasteiger partial charge on any atom is 0.222 e. The van der Waals surface area contributed by atoms with E-state index >= 15 is 0 Å². The number of rotatable bonds is 10. The van der Waals surface area contributed by atoms with E-state index in [2.05, 4.69) is 20.9 Å². The number of para-hydroxylation sites is 2. The van der Waals surface area contributed by atoms with E-state index in [1.165, 1.54) is 0 Å². The first-order valence-corrected chi connectivity index (χ1v) is 9.07. The molecule has 0 aliphatic rings. The van der Waals surface area contributed by atoms with Crippen LogP contribution in [0.1, 0.15) is 27.7 Å². The van der Waals surface area contributed by atoms with Crippen molar-refractivity contribution in [3.8, 4) is 11.5 Å². The highest BCUT2D eigenvalue weighted by molar-refractivity contribution is 14.0. The molecule has 1 unspecified atom stereocenters. The highest BCUT2D eigenvalue weighted by atomic mass is 127. The second-order valence-corrected chi connectivity index (χ2v) is 6.17. The summed E-state index contributed by atoms with van der Waals surface area (Å²) >= 11 is 0. The zero-order valence-corrected chi connectivity index (χ0v) is 19.2. The Balaban J connectivity index is 0.00000676. The lowest BCUT2D eigenvalue weighted by Gasteiger charge is -2.17. The fourth-order valence-corrected chi connectivity index (χ4v) is 2.10. The molecule has 0 aliphatic heterocycles. The zero-order chi connectivity index (χ0) is 19.4. The molecule has 0 saturated carbocycles. The SMILES string of the molecule is CCNC(=NCC(C)Oc1ccccc1OC)NCCNC(=O)C(C)C.I. The minimum Gasteiger partial charge on any atom is -0.493 e. The summed E-state index contributed by atoms with van der Waals surface area (Å²) in [5.41, 5.74) is 0. The van der Waals surface area contributed by atoms with E-state index in [1.807, 2.05) is 52.0 Å². The van der Waals surface area contributed by atoms with E-state index in [0.29, 0.717) is 37.1 Å². The summed E-state index contributed by atoms with van der Waals surface area (Å²) in [4.78, 5) is 16.1. The molecule has 27 heavy (non-hydrogen) atoms. The number of nitrogens with one attached hydrogen (secondary N) is 3. The highest BCUT2D eigenvalue weighted by Gasteiger charge is 2.09. The lowest BCUT2D eigenvalue weighted by atomic mass is 10.2. The predicted molar refractivity (Wildman–Crippen MR) is 120 cm³/mol. The Bertz CT molecular complexity index is 582. The first-order chi connectivity index (χ1) is 12.5. The van der Waals surface area contributed by atoms with Crippen molar-refractivity contribution in [1.29, 1.82) is 0 Å². The number of ether oxygens (including phenoxy) is 2. The van der Waals surface area contributed by atoms with Crippen LogP contribution in [0.4, 0.5) is 0 Å². The molecule has 0 radical (unpaired) electrons. The summed E-state index contributed by atoms with van der Waals surface area (Å²) in [7, 11) is 1.62. The minimum atomic E-state index is -0.109. The monoisotopic (exact) mass is 492 g/mol. The van der Waals surface area contributed by atoms with Crippen molar-refractivity contribution < 1.29 is 14.3 Å². The van der Waals surface area contributed by atoms with E-state index in [4.69, 9.17) is 9.47 Å². The average molecular weight is 492 g/mol. The van der Waals surface area contributed by atoms with E-state index in [1.54, 1.807) is 7.11 Å². The molecule has 0 aliphatic carbocycles. The van der Waals surface area contributed by atoms with Crippen LogP contribution in [0.2, 0.25) is 0 Å². The molecule has 0 heterocycles. The van der Waals surface area contributed by atoms with Gasteiger partial charge in [-0.3, -0.25) is 4.79 Å². The van der Waals surface area contributed by atoms with Gasteiger partial charge >= 0.3 is 0 Å². The van der Waals surface area contributed by atoms with Crippen molar-refractivity contribution in [1.82, 2.24) is 16.0 Å². The Labute approximate surface area is 179 Å². The second-order valence-electron chi connectivity index (χ2n) is 6.17. The fraction of sp³-hybridized carbons (Fsp3) is 0.579. The summed E-state index contributed by atoms with van der Waals surface area (Å²) < 4.78 is 11.2. The number of benzene rings is 1. The maximum absolute atomic E-state index is 11.5. The summed E-state index contributed by atoms with van der Waals surface area (Å²) in [6.45, 7) is 10.1. The number of hydrogen-bond acceptors (Lipinski definition) is 4. The summed E-state index contributed by atoms with van der Waals surface area (Å²) in [5.74, 6) is 2.14. The molecule has 1 aromatic rings.